The molecule has 2 fully saturated rings. The fraction of sp³-hybridized carbons (Fsp3) is 0.615. The fourth-order valence-corrected chi connectivity index (χ4v) is 5.29. The number of nitrogens with zero attached hydrogens (tertiary/aromatic N) is 4. The van der Waals surface area contributed by atoms with Gasteiger partial charge in [0.05, 0.1) is 18.4 Å². The molecule has 6 nitrogen and oxygen atoms in total. The predicted octanol–water partition coefficient (Wildman–Crippen LogP) is 5.22. The number of aromatic nitrogens is 2. The van der Waals surface area contributed by atoms with Gasteiger partial charge >= 0.3 is 0 Å². The molecule has 1 aromatic carbocycles. The van der Waals surface area contributed by atoms with Crippen LogP contribution in [0.15, 0.2) is 24.3 Å². The number of anilines is 3. The molecule has 1 unspecified atom stereocenters. The van der Waals surface area contributed by atoms with E-state index in [0.717, 1.165) is 61.9 Å². The van der Waals surface area contributed by atoms with Gasteiger partial charge < -0.3 is 15.0 Å². The summed E-state index contributed by atoms with van der Waals surface area (Å²) in [7, 11) is 0. The van der Waals surface area contributed by atoms with E-state index in [0.29, 0.717) is 6.04 Å². The molecule has 1 atom stereocenters. The quantitative estimate of drug-likeness (QED) is 0.695. The van der Waals surface area contributed by atoms with Crippen molar-refractivity contribution in [1.29, 1.82) is 0 Å². The van der Waals surface area contributed by atoms with Crippen molar-refractivity contribution in [3.05, 3.63) is 41.1 Å². The standard InChI is InChI=1S/C26H37N5O/c1-18(2)31-16-23-24(17-31)28-26(30-13-14-32-19(3)15-30)29-25(23)27-22-11-9-21(10-12-22)20-7-5-4-6-8-20/h9-12,18-20H,4-8,13-17H2,1-3H3,(H,27,28,29). The maximum Gasteiger partial charge on any atom is 0.227 e. The zero-order valence-corrected chi connectivity index (χ0v) is 19.8. The third-order valence-corrected chi connectivity index (χ3v) is 7.30. The highest BCUT2D eigenvalue weighted by Gasteiger charge is 2.29. The van der Waals surface area contributed by atoms with Crippen LogP contribution in [0.5, 0.6) is 0 Å². The molecule has 32 heavy (non-hydrogen) atoms. The summed E-state index contributed by atoms with van der Waals surface area (Å²) < 4.78 is 5.74. The molecule has 0 spiro atoms. The van der Waals surface area contributed by atoms with Gasteiger partial charge in [-0.05, 0) is 57.2 Å². The van der Waals surface area contributed by atoms with E-state index >= 15 is 0 Å². The molecule has 172 valence electrons. The van der Waals surface area contributed by atoms with Gasteiger partial charge in [0.15, 0.2) is 0 Å². The molecular formula is C26H37N5O. The summed E-state index contributed by atoms with van der Waals surface area (Å²) in [6.45, 7) is 10.8. The van der Waals surface area contributed by atoms with Crippen LogP contribution < -0.4 is 10.2 Å². The Kier molecular flexibility index (Phi) is 6.33. The third-order valence-electron chi connectivity index (χ3n) is 7.30. The summed E-state index contributed by atoms with van der Waals surface area (Å²) >= 11 is 0. The van der Waals surface area contributed by atoms with Gasteiger partial charge in [-0.15, -0.1) is 0 Å². The van der Waals surface area contributed by atoms with Crippen LogP contribution in [0.4, 0.5) is 17.5 Å². The molecular weight excluding hydrogens is 398 g/mol. The molecule has 3 heterocycles. The zero-order valence-electron chi connectivity index (χ0n) is 19.8. The van der Waals surface area contributed by atoms with Crippen LogP contribution in [-0.2, 0) is 17.8 Å². The number of nitrogens with one attached hydrogen (secondary N) is 1. The first kappa shape index (κ1) is 21.7. The molecule has 1 saturated heterocycles. The van der Waals surface area contributed by atoms with Crippen LogP contribution in [0.1, 0.15) is 75.6 Å². The lowest BCUT2D eigenvalue weighted by Crippen LogP contribution is -2.42. The van der Waals surface area contributed by atoms with Crippen LogP contribution in [0.3, 0.4) is 0 Å². The summed E-state index contributed by atoms with van der Waals surface area (Å²) in [4.78, 5) is 14.8. The SMILES string of the molecule is CC1CN(c2nc3c(c(Nc4ccc(C5CCCCC5)cc4)n2)CN(C(C)C)C3)CCO1. The van der Waals surface area contributed by atoms with Crippen molar-refractivity contribution in [3.8, 4) is 0 Å². The van der Waals surface area contributed by atoms with E-state index in [1.807, 2.05) is 0 Å². The molecule has 1 N–H and O–H groups in total. The van der Waals surface area contributed by atoms with E-state index in [9.17, 15) is 0 Å². The Morgan fingerprint density at radius 3 is 2.53 bits per heavy atom. The van der Waals surface area contributed by atoms with Crippen LogP contribution >= 0.6 is 0 Å². The second-order valence-corrected chi connectivity index (χ2v) is 10.0. The van der Waals surface area contributed by atoms with Crippen LogP contribution in [-0.4, -0.2) is 46.7 Å². The largest absolute Gasteiger partial charge is 0.375 e. The molecule has 1 aliphatic carbocycles. The van der Waals surface area contributed by atoms with E-state index in [1.54, 1.807) is 0 Å². The first-order chi connectivity index (χ1) is 15.6. The second kappa shape index (κ2) is 9.36. The van der Waals surface area contributed by atoms with Crippen LogP contribution in [0.25, 0.3) is 0 Å². The van der Waals surface area contributed by atoms with Crippen LogP contribution in [0, 0.1) is 0 Å². The summed E-state index contributed by atoms with van der Waals surface area (Å²) in [6.07, 6.45) is 7.00. The number of rotatable bonds is 5. The lowest BCUT2D eigenvalue weighted by Gasteiger charge is -2.31. The van der Waals surface area contributed by atoms with E-state index in [2.05, 4.69) is 60.2 Å². The molecule has 6 heteroatoms. The van der Waals surface area contributed by atoms with Crippen molar-refractivity contribution in [3.63, 3.8) is 0 Å². The van der Waals surface area contributed by atoms with Gasteiger partial charge in [-0.2, -0.15) is 4.98 Å². The number of morpholine rings is 1. The Bertz CT molecular complexity index is 923. The first-order valence-corrected chi connectivity index (χ1v) is 12.4. The highest BCUT2D eigenvalue weighted by molar-refractivity contribution is 5.63. The summed E-state index contributed by atoms with van der Waals surface area (Å²) in [5, 5.41) is 3.65. The van der Waals surface area contributed by atoms with Crippen LogP contribution in [0.2, 0.25) is 0 Å². The zero-order chi connectivity index (χ0) is 22.1. The average molecular weight is 436 g/mol. The molecule has 2 aromatic rings. The molecule has 2 aliphatic heterocycles. The minimum Gasteiger partial charge on any atom is -0.375 e. The maximum absolute atomic E-state index is 5.74. The molecule has 1 aromatic heterocycles. The molecule has 0 radical (unpaired) electrons. The van der Waals surface area contributed by atoms with Gasteiger partial charge in [0.2, 0.25) is 5.95 Å². The topological polar surface area (TPSA) is 53.5 Å². The molecule has 5 rings (SSSR count). The first-order valence-electron chi connectivity index (χ1n) is 12.4. The maximum atomic E-state index is 5.74. The van der Waals surface area contributed by atoms with Crippen molar-refractivity contribution >= 4 is 17.5 Å². The predicted molar refractivity (Wildman–Crippen MR) is 130 cm³/mol. The van der Waals surface area contributed by atoms with Gasteiger partial charge in [-0.25, -0.2) is 4.98 Å². The minimum absolute atomic E-state index is 0.205. The second-order valence-electron chi connectivity index (χ2n) is 10.0. The highest BCUT2D eigenvalue weighted by atomic mass is 16.5. The molecule has 0 bridgehead atoms. The van der Waals surface area contributed by atoms with Gasteiger partial charge in [-0.1, -0.05) is 31.4 Å². The summed E-state index contributed by atoms with van der Waals surface area (Å²) in [5.74, 6) is 2.51. The van der Waals surface area contributed by atoms with Gasteiger partial charge in [-0.3, -0.25) is 4.90 Å². The van der Waals surface area contributed by atoms with E-state index < -0.39 is 0 Å². The van der Waals surface area contributed by atoms with Gasteiger partial charge in [0.25, 0.3) is 0 Å². The number of hydrogen-bond donors (Lipinski definition) is 1. The van der Waals surface area contributed by atoms with E-state index in [-0.39, 0.29) is 6.10 Å². The summed E-state index contributed by atoms with van der Waals surface area (Å²) in [6, 6.07) is 9.56. The molecule has 1 saturated carbocycles. The molecule has 0 amide bonds. The van der Waals surface area contributed by atoms with Crippen molar-refractivity contribution in [2.24, 2.45) is 0 Å². The van der Waals surface area contributed by atoms with E-state index in [4.69, 9.17) is 14.7 Å². The average Bonchev–Trinajstić information content (AvgIpc) is 3.25. The fourth-order valence-electron chi connectivity index (χ4n) is 5.29. The number of hydrogen-bond acceptors (Lipinski definition) is 6. The van der Waals surface area contributed by atoms with Crippen molar-refractivity contribution in [2.45, 2.75) is 84.0 Å². The number of benzene rings is 1. The molecule has 3 aliphatic rings. The van der Waals surface area contributed by atoms with Gasteiger partial charge in [0, 0.05) is 43.5 Å². The van der Waals surface area contributed by atoms with E-state index in [1.165, 1.54) is 43.2 Å². The Morgan fingerprint density at radius 1 is 1.03 bits per heavy atom. The van der Waals surface area contributed by atoms with Gasteiger partial charge in [0.1, 0.15) is 5.82 Å². The van der Waals surface area contributed by atoms with Crippen molar-refractivity contribution < 1.29 is 4.74 Å². The lowest BCUT2D eigenvalue weighted by molar-refractivity contribution is 0.0526. The normalized spacial score (nSPS) is 22.4. The highest BCUT2D eigenvalue weighted by Crippen LogP contribution is 2.35. The monoisotopic (exact) mass is 435 g/mol. The Morgan fingerprint density at radius 2 is 1.81 bits per heavy atom. The number of fused-ring (bicyclic) bond motifs is 1. The Labute approximate surface area is 192 Å². The smallest absolute Gasteiger partial charge is 0.227 e. The Balaban J connectivity index is 1.40. The van der Waals surface area contributed by atoms with Crippen molar-refractivity contribution in [1.82, 2.24) is 14.9 Å². The summed E-state index contributed by atoms with van der Waals surface area (Å²) in [5.41, 5.74) is 4.98. The lowest BCUT2D eigenvalue weighted by atomic mass is 9.84. The third kappa shape index (κ3) is 4.62. The number of ether oxygens (including phenoxy) is 1. The van der Waals surface area contributed by atoms with Crippen molar-refractivity contribution in [2.75, 3.05) is 29.9 Å². The minimum atomic E-state index is 0.205. The Hall–Kier alpha value is -2.18.